The maximum absolute atomic E-state index is 12.1. The Morgan fingerprint density at radius 3 is 2.65 bits per heavy atom. The van der Waals surface area contributed by atoms with Crippen molar-refractivity contribution >= 4 is 11.9 Å². The number of carboxylic acids is 1. The van der Waals surface area contributed by atoms with E-state index in [1.165, 1.54) is 12.8 Å². The number of aryl methyl sites for hydroxylation is 1. The summed E-state index contributed by atoms with van der Waals surface area (Å²) in [6, 6.07) is 0.401. The standard InChI is InChI=1S/C18H28N4O4/c1-11(2)18-20-16(26-21-18)6-5-15(23)19-13-7-14(8-13)22(10-17(24)25)9-12-3-4-12/h11-14H,3-10H2,1-2H3,(H,19,23)(H,24,25). The largest absolute Gasteiger partial charge is 0.480 e. The van der Waals surface area contributed by atoms with E-state index in [0.29, 0.717) is 30.5 Å². The van der Waals surface area contributed by atoms with Gasteiger partial charge in [-0.25, -0.2) is 0 Å². The lowest BCUT2D eigenvalue weighted by Crippen LogP contribution is -2.55. The first-order valence-corrected chi connectivity index (χ1v) is 9.48. The summed E-state index contributed by atoms with van der Waals surface area (Å²) in [6.07, 6.45) is 4.82. The first-order chi connectivity index (χ1) is 12.4. The molecule has 1 heterocycles. The highest BCUT2D eigenvalue weighted by Gasteiger charge is 2.37. The van der Waals surface area contributed by atoms with E-state index in [1.54, 1.807) is 0 Å². The summed E-state index contributed by atoms with van der Waals surface area (Å²) < 4.78 is 5.15. The van der Waals surface area contributed by atoms with Gasteiger partial charge < -0.3 is 14.9 Å². The molecule has 1 amide bonds. The third kappa shape index (κ3) is 5.27. The lowest BCUT2D eigenvalue weighted by molar-refractivity contribution is -0.140. The molecule has 0 aliphatic heterocycles. The van der Waals surface area contributed by atoms with Crippen LogP contribution in [-0.4, -0.2) is 57.2 Å². The van der Waals surface area contributed by atoms with E-state index in [-0.39, 0.29) is 30.5 Å². The number of nitrogens with one attached hydrogen (secondary N) is 1. The number of carboxylic acid groups (broad SMARTS) is 1. The maximum Gasteiger partial charge on any atom is 0.317 e. The van der Waals surface area contributed by atoms with Gasteiger partial charge in [0.2, 0.25) is 11.8 Å². The molecule has 0 radical (unpaired) electrons. The van der Waals surface area contributed by atoms with Crippen LogP contribution in [0.15, 0.2) is 4.52 Å². The predicted molar refractivity (Wildman–Crippen MR) is 93.6 cm³/mol. The Morgan fingerprint density at radius 2 is 2.08 bits per heavy atom. The molecule has 1 aromatic heterocycles. The van der Waals surface area contributed by atoms with Gasteiger partial charge in [-0.2, -0.15) is 4.98 Å². The highest BCUT2D eigenvalue weighted by atomic mass is 16.5. The number of amides is 1. The summed E-state index contributed by atoms with van der Waals surface area (Å²) >= 11 is 0. The van der Waals surface area contributed by atoms with Gasteiger partial charge in [0.25, 0.3) is 0 Å². The zero-order valence-electron chi connectivity index (χ0n) is 15.5. The number of carbonyl (C=O) groups excluding carboxylic acids is 1. The number of aliphatic carboxylic acids is 1. The van der Waals surface area contributed by atoms with E-state index in [4.69, 9.17) is 9.63 Å². The van der Waals surface area contributed by atoms with Gasteiger partial charge in [0.15, 0.2) is 5.82 Å². The Kier molecular flexibility index (Phi) is 5.90. The molecule has 0 spiro atoms. The molecule has 2 fully saturated rings. The average Bonchev–Trinajstić information content (AvgIpc) is 3.21. The van der Waals surface area contributed by atoms with Crippen molar-refractivity contribution in [3.8, 4) is 0 Å². The number of hydrogen-bond donors (Lipinski definition) is 2. The summed E-state index contributed by atoms with van der Waals surface area (Å²) in [6.45, 7) is 4.95. The fraction of sp³-hybridized carbons (Fsp3) is 0.778. The summed E-state index contributed by atoms with van der Waals surface area (Å²) in [5.41, 5.74) is 0. The van der Waals surface area contributed by atoms with Crippen molar-refractivity contribution in [3.05, 3.63) is 11.7 Å². The van der Waals surface area contributed by atoms with Crippen molar-refractivity contribution < 1.29 is 19.2 Å². The molecular weight excluding hydrogens is 336 g/mol. The van der Waals surface area contributed by atoms with Gasteiger partial charge in [-0.3, -0.25) is 14.5 Å². The van der Waals surface area contributed by atoms with Crippen molar-refractivity contribution in [2.24, 2.45) is 5.92 Å². The van der Waals surface area contributed by atoms with E-state index in [9.17, 15) is 9.59 Å². The Balaban J connectivity index is 1.37. The molecule has 144 valence electrons. The Morgan fingerprint density at radius 1 is 1.35 bits per heavy atom. The molecule has 0 atom stereocenters. The van der Waals surface area contributed by atoms with Gasteiger partial charge in [0.1, 0.15) is 0 Å². The van der Waals surface area contributed by atoms with Crippen LogP contribution in [0.2, 0.25) is 0 Å². The van der Waals surface area contributed by atoms with Gasteiger partial charge >= 0.3 is 5.97 Å². The SMILES string of the molecule is CC(C)c1noc(CCC(=O)NC2CC(N(CC(=O)O)CC3CC3)C2)n1. The van der Waals surface area contributed by atoms with Crippen LogP contribution in [0.25, 0.3) is 0 Å². The summed E-state index contributed by atoms with van der Waals surface area (Å²) in [5, 5.41) is 16.0. The van der Waals surface area contributed by atoms with Gasteiger partial charge in [-0.15, -0.1) is 0 Å². The molecule has 2 N–H and O–H groups in total. The first-order valence-electron chi connectivity index (χ1n) is 9.48. The normalized spacial score (nSPS) is 22.5. The second-order valence-corrected chi connectivity index (χ2v) is 7.86. The molecule has 2 aliphatic rings. The molecule has 8 nitrogen and oxygen atoms in total. The van der Waals surface area contributed by atoms with Crippen LogP contribution in [-0.2, 0) is 16.0 Å². The fourth-order valence-electron chi connectivity index (χ4n) is 3.28. The fourth-order valence-corrected chi connectivity index (χ4v) is 3.28. The molecule has 0 bridgehead atoms. The molecule has 0 saturated heterocycles. The van der Waals surface area contributed by atoms with Crippen molar-refractivity contribution in [1.82, 2.24) is 20.4 Å². The van der Waals surface area contributed by atoms with Crippen LogP contribution < -0.4 is 5.32 Å². The number of rotatable bonds is 10. The molecule has 2 aliphatic carbocycles. The van der Waals surface area contributed by atoms with E-state index in [2.05, 4.69) is 20.4 Å². The molecule has 8 heteroatoms. The van der Waals surface area contributed by atoms with Crippen LogP contribution in [0.3, 0.4) is 0 Å². The van der Waals surface area contributed by atoms with Crippen LogP contribution in [0.1, 0.15) is 63.6 Å². The Bertz CT molecular complexity index is 635. The van der Waals surface area contributed by atoms with Gasteiger partial charge in [-0.05, 0) is 31.6 Å². The molecular formula is C18H28N4O4. The number of nitrogens with zero attached hydrogens (tertiary/aromatic N) is 3. The second-order valence-electron chi connectivity index (χ2n) is 7.86. The van der Waals surface area contributed by atoms with Crippen molar-refractivity contribution in [3.63, 3.8) is 0 Å². The molecule has 3 rings (SSSR count). The molecule has 1 aromatic rings. The number of hydrogen-bond acceptors (Lipinski definition) is 6. The van der Waals surface area contributed by atoms with Crippen molar-refractivity contribution in [2.45, 2.75) is 70.4 Å². The smallest absolute Gasteiger partial charge is 0.317 e. The summed E-state index contributed by atoms with van der Waals surface area (Å²) in [5.74, 6) is 1.22. The minimum atomic E-state index is -0.779. The van der Waals surface area contributed by atoms with Crippen LogP contribution >= 0.6 is 0 Å². The minimum absolute atomic E-state index is 0.0234. The maximum atomic E-state index is 12.1. The highest BCUT2D eigenvalue weighted by Crippen LogP contribution is 2.33. The van der Waals surface area contributed by atoms with Crippen LogP contribution in [0.4, 0.5) is 0 Å². The zero-order valence-corrected chi connectivity index (χ0v) is 15.5. The van der Waals surface area contributed by atoms with Crippen molar-refractivity contribution in [1.29, 1.82) is 0 Å². The summed E-state index contributed by atoms with van der Waals surface area (Å²) in [4.78, 5) is 29.5. The number of carbonyl (C=O) groups is 2. The van der Waals surface area contributed by atoms with Crippen molar-refractivity contribution in [2.75, 3.05) is 13.1 Å². The van der Waals surface area contributed by atoms with Gasteiger partial charge in [0.05, 0.1) is 6.54 Å². The average molecular weight is 364 g/mol. The van der Waals surface area contributed by atoms with Crippen LogP contribution in [0.5, 0.6) is 0 Å². The summed E-state index contributed by atoms with van der Waals surface area (Å²) in [7, 11) is 0. The lowest BCUT2D eigenvalue weighted by Gasteiger charge is -2.42. The third-order valence-corrected chi connectivity index (χ3v) is 5.09. The topological polar surface area (TPSA) is 109 Å². The van der Waals surface area contributed by atoms with E-state index < -0.39 is 5.97 Å². The lowest BCUT2D eigenvalue weighted by atomic mass is 9.85. The third-order valence-electron chi connectivity index (χ3n) is 5.09. The Labute approximate surface area is 153 Å². The monoisotopic (exact) mass is 364 g/mol. The van der Waals surface area contributed by atoms with Gasteiger partial charge in [0, 0.05) is 37.4 Å². The minimum Gasteiger partial charge on any atom is -0.480 e. The second kappa shape index (κ2) is 8.16. The molecule has 0 aromatic carbocycles. The van der Waals surface area contributed by atoms with E-state index in [0.717, 1.165) is 19.4 Å². The van der Waals surface area contributed by atoms with Gasteiger partial charge in [-0.1, -0.05) is 19.0 Å². The number of aromatic nitrogens is 2. The predicted octanol–water partition coefficient (Wildman–Crippen LogP) is 1.57. The molecule has 2 saturated carbocycles. The zero-order chi connectivity index (χ0) is 18.7. The van der Waals surface area contributed by atoms with E-state index >= 15 is 0 Å². The highest BCUT2D eigenvalue weighted by molar-refractivity contribution is 5.76. The van der Waals surface area contributed by atoms with Crippen LogP contribution in [0, 0.1) is 5.92 Å². The Hall–Kier alpha value is -1.96. The quantitative estimate of drug-likeness (QED) is 0.648. The van der Waals surface area contributed by atoms with E-state index in [1.807, 2.05) is 13.8 Å². The molecule has 0 unspecified atom stereocenters. The first kappa shape index (κ1) is 18.8. The molecule has 26 heavy (non-hydrogen) atoms.